The van der Waals surface area contributed by atoms with Crippen LogP contribution in [0.1, 0.15) is 33.1 Å². The molecule has 5 aromatic rings. The second kappa shape index (κ2) is 9.07. The van der Waals surface area contributed by atoms with Crippen molar-refractivity contribution in [2.24, 2.45) is 5.92 Å². The summed E-state index contributed by atoms with van der Waals surface area (Å²) in [5, 5.41) is 11.7. The molecule has 1 fully saturated rings. The van der Waals surface area contributed by atoms with Crippen LogP contribution in [0.5, 0.6) is 0 Å². The van der Waals surface area contributed by atoms with Gasteiger partial charge in [0.05, 0.1) is 52.4 Å². The first kappa shape index (κ1) is 22.2. The fraction of sp³-hybridized carbons (Fsp3) is 0.296. The summed E-state index contributed by atoms with van der Waals surface area (Å²) in [6, 6.07) is 7.94. The van der Waals surface area contributed by atoms with E-state index < -0.39 is 0 Å². The Morgan fingerprint density at radius 1 is 1.00 bits per heavy atom. The highest BCUT2D eigenvalue weighted by Gasteiger charge is 2.18. The minimum Gasteiger partial charge on any atom is -0.370 e. The van der Waals surface area contributed by atoms with Crippen LogP contribution in [0.4, 0.5) is 11.4 Å². The maximum absolute atomic E-state index is 12.1. The maximum atomic E-state index is 12.1. The van der Waals surface area contributed by atoms with E-state index in [4.69, 9.17) is 4.98 Å². The summed E-state index contributed by atoms with van der Waals surface area (Å²) in [6.07, 6.45) is 10.9. The fourth-order valence-corrected chi connectivity index (χ4v) is 4.73. The van der Waals surface area contributed by atoms with Gasteiger partial charge in [0, 0.05) is 36.2 Å². The lowest BCUT2D eigenvalue weighted by Gasteiger charge is -2.28. The Balaban J connectivity index is 1.38. The molecule has 9 nitrogen and oxygen atoms in total. The summed E-state index contributed by atoms with van der Waals surface area (Å²) in [5.74, 6) is -0.162. The molecule has 0 spiro atoms. The van der Waals surface area contributed by atoms with Crippen molar-refractivity contribution in [3.8, 4) is 22.6 Å². The summed E-state index contributed by atoms with van der Waals surface area (Å²) in [4.78, 5) is 31.8. The molecule has 9 heteroatoms. The first-order valence-electron chi connectivity index (χ1n) is 12.4. The summed E-state index contributed by atoms with van der Waals surface area (Å²) in [7, 11) is 0. The molecule has 36 heavy (non-hydrogen) atoms. The van der Waals surface area contributed by atoms with Gasteiger partial charge in [0.1, 0.15) is 11.2 Å². The number of pyridine rings is 3. The van der Waals surface area contributed by atoms with Gasteiger partial charge in [-0.15, -0.1) is 0 Å². The van der Waals surface area contributed by atoms with Gasteiger partial charge in [-0.1, -0.05) is 13.8 Å². The largest absolute Gasteiger partial charge is 0.370 e. The lowest BCUT2D eigenvalue weighted by atomic mass is 10.1. The Bertz CT molecular complexity index is 1560. The van der Waals surface area contributed by atoms with Gasteiger partial charge in [-0.05, 0) is 43.5 Å². The molecule has 1 aliphatic heterocycles. The smallest absolute Gasteiger partial charge is 0.226 e. The van der Waals surface area contributed by atoms with E-state index in [9.17, 15) is 4.79 Å². The number of piperidine rings is 1. The van der Waals surface area contributed by atoms with Gasteiger partial charge < -0.3 is 15.2 Å². The molecule has 0 aliphatic carbocycles. The number of hydrogen-bond acceptors (Lipinski definition) is 6. The molecule has 182 valence electrons. The minimum atomic E-state index is -0.112. The Morgan fingerprint density at radius 2 is 1.83 bits per heavy atom. The third-order valence-electron chi connectivity index (χ3n) is 6.71. The van der Waals surface area contributed by atoms with E-state index in [0.29, 0.717) is 5.69 Å². The van der Waals surface area contributed by atoms with Gasteiger partial charge in [0.2, 0.25) is 5.91 Å². The van der Waals surface area contributed by atoms with E-state index in [0.717, 1.165) is 63.4 Å². The van der Waals surface area contributed by atoms with Gasteiger partial charge in [0.15, 0.2) is 0 Å². The zero-order valence-corrected chi connectivity index (χ0v) is 20.4. The average Bonchev–Trinajstić information content (AvgIpc) is 3.53. The molecule has 0 saturated carbocycles. The Labute approximate surface area is 208 Å². The van der Waals surface area contributed by atoms with Crippen LogP contribution in [-0.2, 0) is 4.79 Å². The number of carbonyl (C=O) groups excluding carboxylic acids is 1. The van der Waals surface area contributed by atoms with Crippen LogP contribution in [0.25, 0.3) is 44.6 Å². The second-order valence-electron chi connectivity index (χ2n) is 9.62. The molecule has 6 rings (SSSR count). The molecular formula is C27H28N8O. The third-order valence-corrected chi connectivity index (χ3v) is 6.71. The van der Waals surface area contributed by atoms with Crippen molar-refractivity contribution in [1.82, 2.24) is 30.1 Å². The number of amides is 1. The normalized spacial score (nSPS) is 14.1. The maximum Gasteiger partial charge on any atom is 0.226 e. The summed E-state index contributed by atoms with van der Waals surface area (Å²) < 4.78 is 0. The van der Waals surface area contributed by atoms with Crippen molar-refractivity contribution in [2.45, 2.75) is 33.1 Å². The molecule has 6 heterocycles. The van der Waals surface area contributed by atoms with E-state index in [1.807, 2.05) is 44.4 Å². The predicted molar refractivity (Wildman–Crippen MR) is 142 cm³/mol. The quantitative estimate of drug-likeness (QED) is 0.320. The van der Waals surface area contributed by atoms with Gasteiger partial charge in [-0.3, -0.25) is 19.9 Å². The monoisotopic (exact) mass is 480 g/mol. The third kappa shape index (κ3) is 4.06. The van der Waals surface area contributed by atoms with Crippen LogP contribution in [0.2, 0.25) is 0 Å². The first-order chi connectivity index (χ1) is 17.6. The van der Waals surface area contributed by atoms with E-state index in [-0.39, 0.29) is 11.8 Å². The standard InChI is InChI=1S/C27H28N8O/c1-16(2)27(36)30-18-10-17(12-28-13-18)20-6-7-21-25(32-20)26(34-33-21)22-11-19-23(31-22)14-29-15-24(19)35-8-4-3-5-9-35/h6-7,10-16,31H,3-5,8-9H2,1-2H3,(H,30,36)(H,33,34). The fourth-order valence-electron chi connectivity index (χ4n) is 4.73. The summed E-state index contributed by atoms with van der Waals surface area (Å²) in [5.41, 5.74) is 7.63. The van der Waals surface area contributed by atoms with Crippen LogP contribution < -0.4 is 10.2 Å². The number of fused-ring (bicyclic) bond motifs is 2. The zero-order valence-electron chi connectivity index (χ0n) is 20.4. The van der Waals surface area contributed by atoms with Gasteiger partial charge in [-0.2, -0.15) is 5.10 Å². The van der Waals surface area contributed by atoms with Gasteiger partial charge >= 0.3 is 0 Å². The number of H-pyrrole nitrogens is 2. The van der Waals surface area contributed by atoms with Crippen molar-refractivity contribution in [3.05, 3.63) is 49.1 Å². The van der Waals surface area contributed by atoms with Crippen molar-refractivity contribution in [3.63, 3.8) is 0 Å². The zero-order chi connectivity index (χ0) is 24.6. The number of hydrogen-bond donors (Lipinski definition) is 3. The summed E-state index contributed by atoms with van der Waals surface area (Å²) in [6.45, 7) is 5.83. The number of anilines is 2. The number of aromatic nitrogens is 6. The number of rotatable bonds is 5. The molecule has 0 aromatic carbocycles. The average molecular weight is 481 g/mol. The highest BCUT2D eigenvalue weighted by molar-refractivity contribution is 5.99. The van der Waals surface area contributed by atoms with Gasteiger partial charge in [0.25, 0.3) is 0 Å². The van der Waals surface area contributed by atoms with E-state index in [1.54, 1.807) is 12.4 Å². The molecule has 1 amide bonds. The van der Waals surface area contributed by atoms with Crippen LogP contribution in [0, 0.1) is 5.92 Å². The lowest BCUT2D eigenvalue weighted by Crippen LogP contribution is -2.29. The predicted octanol–water partition coefficient (Wildman–Crippen LogP) is 5.15. The first-order valence-corrected chi connectivity index (χ1v) is 12.4. The minimum absolute atomic E-state index is 0.0493. The van der Waals surface area contributed by atoms with E-state index in [1.165, 1.54) is 19.3 Å². The van der Waals surface area contributed by atoms with Crippen LogP contribution in [0.15, 0.2) is 49.1 Å². The molecule has 0 radical (unpaired) electrons. The highest BCUT2D eigenvalue weighted by Crippen LogP contribution is 2.34. The van der Waals surface area contributed by atoms with E-state index >= 15 is 0 Å². The number of aromatic amines is 2. The van der Waals surface area contributed by atoms with Crippen LogP contribution >= 0.6 is 0 Å². The molecular weight excluding hydrogens is 452 g/mol. The molecule has 3 N–H and O–H groups in total. The van der Waals surface area contributed by atoms with Crippen LogP contribution in [0.3, 0.4) is 0 Å². The number of nitrogens with one attached hydrogen (secondary N) is 3. The molecule has 0 unspecified atom stereocenters. The highest BCUT2D eigenvalue weighted by atomic mass is 16.1. The van der Waals surface area contributed by atoms with Crippen LogP contribution in [-0.4, -0.2) is 49.1 Å². The van der Waals surface area contributed by atoms with E-state index in [2.05, 4.69) is 41.4 Å². The Hall–Kier alpha value is -4.27. The molecule has 5 aromatic heterocycles. The second-order valence-corrected chi connectivity index (χ2v) is 9.62. The molecule has 0 atom stereocenters. The van der Waals surface area contributed by atoms with Crippen molar-refractivity contribution >= 4 is 39.2 Å². The molecule has 0 bridgehead atoms. The SMILES string of the molecule is CC(C)C(=O)Nc1cncc(-c2ccc3[nH]nc(-c4cc5c(N6CCCCC6)cncc5[nH]4)c3n2)c1. The lowest BCUT2D eigenvalue weighted by molar-refractivity contribution is -0.118. The Morgan fingerprint density at radius 3 is 2.67 bits per heavy atom. The molecule has 1 saturated heterocycles. The summed E-state index contributed by atoms with van der Waals surface area (Å²) >= 11 is 0. The topological polar surface area (TPSA) is 115 Å². The van der Waals surface area contributed by atoms with Gasteiger partial charge in [-0.25, -0.2) is 4.98 Å². The Kier molecular flexibility index (Phi) is 5.59. The van der Waals surface area contributed by atoms with Crippen molar-refractivity contribution in [2.75, 3.05) is 23.3 Å². The number of nitrogens with zero attached hydrogens (tertiary/aromatic N) is 5. The van der Waals surface area contributed by atoms with Crippen molar-refractivity contribution < 1.29 is 4.79 Å². The van der Waals surface area contributed by atoms with Crippen molar-refractivity contribution in [1.29, 1.82) is 0 Å². The number of carbonyl (C=O) groups is 1. The molecule has 1 aliphatic rings.